The second kappa shape index (κ2) is 6.05. The van der Waals surface area contributed by atoms with Crippen LogP contribution in [0, 0.1) is 0 Å². The number of hydrogen-bond donors (Lipinski definition) is 1. The van der Waals surface area contributed by atoms with E-state index in [-0.39, 0.29) is 22.7 Å². The van der Waals surface area contributed by atoms with Crippen molar-refractivity contribution in [3.8, 4) is 0 Å². The third kappa shape index (κ3) is 2.93. The molecule has 1 N–H and O–H groups in total. The lowest BCUT2D eigenvalue weighted by Gasteiger charge is -2.22. The van der Waals surface area contributed by atoms with Crippen molar-refractivity contribution < 1.29 is 21.9 Å². The van der Waals surface area contributed by atoms with Gasteiger partial charge in [-0.2, -0.15) is 8.78 Å². The molecule has 112 valence electrons. The molecular weight excluding hydrogens is 288 g/mol. The Balaban J connectivity index is 2.29. The number of sulfone groups is 1. The highest BCUT2D eigenvalue weighted by atomic mass is 32.2. The maximum Gasteiger partial charge on any atom is 0.341 e. The fourth-order valence-electron chi connectivity index (χ4n) is 2.50. The third-order valence-electron chi connectivity index (χ3n) is 3.52. The van der Waals surface area contributed by atoms with Crippen molar-refractivity contribution in [2.45, 2.75) is 42.1 Å². The molecule has 2 unspecified atom stereocenters. The molecule has 1 aliphatic rings. The molecule has 0 radical (unpaired) electrons. The fourth-order valence-corrected chi connectivity index (χ4v) is 3.40. The van der Waals surface area contributed by atoms with Crippen LogP contribution in [0.1, 0.15) is 19.3 Å². The van der Waals surface area contributed by atoms with Crippen molar-refractivity contribution in [2.75, 3.05) is 12.4 Å². The summed E-state index contributed by atoms with van der Waals surface area (Å²) in [6.07, 6.45) is 2.62. The first kappa shape index (κ1) is 15.2. The molecule has 7 heteroatoms. The van der Waals surface area contributed by atoms with Crippen LogP contribution in [0.5, 0.6) is 0 Å². The largest absolute Gasteiger partial charge is 0.379 e. The van der Waals surface area contributed by atoms with E-state index in [1.807, 2.05) is 0 Å². The summed E-state index contributed by atoms with van der Waals surface area (Å²) < 4.78 is 54.0. The van der Waals surface area contributed by atoms with Gasteiger partial charge in [0.05, 0.1) is 22.7 Å². The van der Waals surface area contributed by atoms with Crippen molar-refractivity contribution >= 4 is 15.5 Å². The van der Waals surface area contributed by atoms with Gasteiger partial charge in [0.2, 0.25) is 9.84 Å². The Morgan fingerprint density at radius 1 is 1.30 bits per heavy atom. The van der Waals surface area contributed by atoms with Gasteiger partial charge in [-0.25, -0.2) is 8.42 Å². The van der Waals surface area contributed by atoms with Crippen molar-refractivity contribution in [1.82, 2.24) is 0 Å². The molecule has 1 aromatic carbocycles. The van der Waals surface area contributed by atoms with E-state index in [1.54, 1.807) is 13.2 Å². The van der Waals surface area contributed by atoms with E-state index in [2.05, 4.69) is 5.32 Å². The number of benzene rings is 1. The first-order chi connectivity index (χ1) is 9.46. The summed E-state index contributed by atoms with van der Waals surface area (Å²) in [6.45, 7) is 0. The standard InChI is InChI=1S/C13H17F2NO3S/c1-19-11-7-4-6-9(11)16-10-5-2-3-8-12(10)20(17,18)13(14)15/h2-3,5,8-9,11,13,16H,4,6-7H2,1H3. The molecular formula is C13H17F2NO3S. The highest BCUT2D eigenvalue weighted by Crippen LogP contribution is 2.30. The molecule has 1 fully saturated rings. The lowest BCUT2D eigenvalue weighted by atomic mass is 10.2. The number of alkyl halides is 2. The monoisotopic (exact) mass is 305 g/mol. The number of nitrogens with one attached hydrogen (secondary N) is 1. The maximum atomic E-state index is 12.7. The number of hydrogen-bond acceptors (Lipinski definition) is 4. The topological polar surface area (TPSA) is 55.4 Å². The van der Waals surface area contributed by atoms with Crippen molar-refractivity contribution in [3.63, 3.8) is 0 Å². The predicted octanol–water partition coefficient (Wildman–Crippen LogP) is 2.66. The van der Waals surface area contributed by atoms with Gasteiger partial charge < -0.3 is 10.1 Å². The van der Waals surface area contributed by atoms with Gasteiger partial charge in [-0.05, 0) is 31.4 Å². The van der Waals surface area contributed by atoms with Crippen LogP contribution in [-0.2, 0) is 14.6 Å². The Morgan fingerprint density at radius 3 is 2.65 bits per heavy atom. The molecule has 0 aliphatic heterocycles. The van der Waals surface area contributed by atoms with Crippen molar-refractivity contribution in [2.24, 2.45) is 0 Å². The molecule has 0 saturated heterocycles. The lowest BCUT2D eigenvalue weighted by Crippen LogP contribution is -2.30. The summed E-state index contributed by atoms with van der Waals surface area (Å²) in [6, 6.07) is 5.68. The Labute approximate surface area is 117 Å². The zero-order chi connectivity index (χ0) is 14.8. The molecule has 1 aromatic rings. The highest BCUT2D eigenvalue weighted by molar-refractivity contribution is 7.91. The summed E-state index contributed by atoms with van der Waals surface area (Å²) in [5.41, 5.74) is 0.210. The number of halogens is 2. The van der Waals surface area contributed by atoms with Crippen molar-refractivity contribution in [1.29, 1.82) is 0 Å². The Bertz CT molecular complexity index is 562. The average molecular weight is 305 g/mol. The Kier molecular flexibility index (Phi) is 4.59. The first-order valence-electron chi connectivity index (χ1n) is 6.37. The van der Waals surface area contributed by atoms with E-state index in [4.69, 9.17) is 4.74 Å². The molecule has 20 heavy (non-hydrogen) atoms. The number of rotatable bonds is 5. The molecule has 0 heterocycles. The zero-order valence-electron chi connectivity index (χ0n) is 11.1. The summed E-state index contributed by atoms with van der Waals surface area (Å²) in [5, 5.41) is 3.03. The lowest BCUT2D eigenvalue weighted by molar-refractivity contribution is 0.101. The summed E-state index contributed by atoms with van der Waals surface area (Å²) in [4.78, 5) is -0.364. The highest BCUT2D eigenvalue weighted by Gasteiger charge is 2.32. The van der Waals surface area contributed by atoms with Gasteiger partial charge in [0.1, 0.15) is 0 Å². The summed E-state index contributed by atoms with van der Waals surface area (Å²) >= 11 is 0. The Hall–Kier alpha value is -1.21. The molecule has 0 amide bonds. The van der Waals surface area contributed by atoms with E-state index in [0.717, 1.165) is 19.3 Å². The maximum absolute atomic E-state index is 12.7. The van der Waals surface area contributed by atoms with E-state index in [1.165, 1.54) is 18.2 Å². The van der Waals surface area contributed by atoms with Gasteiger partial charge in [0.25, 0.3) is 0 Å². The predicted molar refractivity (Wildman–Crippen MR) is 71.7 cm³/mol. The molecule has 4 nitrogen and oxygen atoms in total. The number of methoxy groups -OCH3 is 1. The minimum absolute atomic E-state index is 0.0303. The quantitative estimate of drug-likeness (QED) is 0.908. The van der Waals surface area contributed by atoms with Crippen molar-refractivity contribution in [3.05, 3.63) is 24.3 Å². The van der Waals surface area contributed by atoms with E-state index in [9.17, 15) is 17.2 Å². The van der Waals surface area contributed by atoms with Crippen LogP contribution in [0.2, 0.25) is 0 Å². The molecule has 0 aromatic heterocycles. The van der Waals surface area contributed by atoms with Crippen LogP contribution in [0.25, 0.3) is 0 Å². The van der Waals surface area contributed by atoms with Gasteiger partial charge in [0.15, 0.2) is 0 Å². The third-order valence-corrected chi connectivity index (χ3v) is 4.96. The van der Waals surface area contributed by atoms with Crippen LogP contribution in [-0.4, -0.2) is 33.4 Å². The minimum Gasteiger partial charge on any atom is -0.379 e. The van der Waals surface area contributed by atoms with Crippen LogP contribution < -0.4 is 5.32 Å². The second-order valence-electron chi connectivity index (χ2n) is 4.76. The van der Waals surface area contributed by atoms with E-state index < -0.39 is 15.6 Å². The van der Waals surface area contributed by atoms with Crippen LogP contribution in [0.3, 0.4) is 0 Å². The molecule has 1 aliphatic carbocycles. The SMILES string of the molecule is COC1CCCC1Nc1ccccc1S(=O)(=O)C(F)F. The molecule has 0 spiro atoms. The minimum atomic E-state index is -4.61. The Morgan fingerprint density at radius 2 is 2.00 bits per heavy atom. The van der Waals surface area contributed by atoms with Gasteiger partial charge in [-0.1, -0.05) is 12.1 Å². The number of para-hydroxylation sites is 1. The second-order valence-corrected chi connectivity index (χ2v) is 6.64. The molecule has 2 atom stereocenters. The van der Waals surface area contributed by atoms with E-state index >= 15 is 0 Å². The zero-order valence-corrected chi connectivity index (χ0v) is 11.9. The van der Waals surface area contributed by atoms with Gasteiger partial charge in [0, 0.05) is 7.11 Å². The fraction of sp³-hybridized carbons (Fsp3) is 0.538. The molecule has 1 saturated carbocycles. The van der Waals surface area contributed by atoms with E-state index in [0.29, 0.717) is 0 Å². The first-order valence-corrected chi connectivity index (χ1v) is 7.92. The number of ether oxygens (including phenoxy) is 1. The summed E-state index contributed by atoms with van der Waals surface area (Å²) in [7, 11) is -3.02. The van der Waals surface area contributed by atoms with Gasteiger partial charge in [-0.3, -0.25) is 0 Å². The summed E-state index contributed by atoms with van der Waals surface area (Å²) in [5.74, 6) is -3.42. The molecule has 2 rings (SSSR count). The van der Waals surface area contributed by atoms with Crippen LogP contribution >= 0.6 is 0 Å². The van der Waals surface area contributed by atoms with Gasteiger partial charge >= 0.3 is 5.76 Å². The molecule has 0 bridgehead atoms. The number of anilines is 1. The van der Waals surface area contributed by atoms with Crippen LogP contribution in [0.15, 0.2) is 29.2 Å². The smallest absolute Gasteiger partial charge is 0.341 e. The average Bonchev–Trinajstić information content (AvgIpc) is 2.86. The normalized spacial score (nSPS) is 23.2. The van der Waals surface area contributed by atoms with Crippen LogP contribution in [0.4, 0.5) is 14.5 Å². The van der Waals surface area contributed by atoms with Gasteiger partial charge in [-0.15, -0.1) is 0 Å².